The van der Waals surface area contributed by atoms with Gasteiger partial charge in [0.25, 0.3) is 0 Å². The normalized spacial score (nSPS) is 16.9. The molecule has 1 aliphatic rings. The molecule has 1 rings (SSSR count). The molecule has 0 aromatic rings. The van der Waals surface area contributed by atoms with E-state index in [0.29, 0.717) is 26.4 Å². The zero-order valence-corrected chi connectivity index (χ0v) is 15.7. The first-order chi connectivity index (χ1) is 11.6. The molecule has 0 heterocycles. The van der Waals surface area contributed by atoms with Crippen LogP contribution in [0.1, 0.15) is 32.1 Å². The monoisotopic (exact) mass is 342 g/mol. The van der Waals surface area contributed by atoms with Crippen LogP contribution in [0.2, 0.25) is 0 Å². The average Bonchev–Trinajstić information content (AvgIpc) is 3.06. The first-order valence-electron chi connectivity index (χ1n) is 8.79. The molecule has 1 amide bonds. The molecule has 0 aromatic heterocycles. The summed E-state index contributed by atoms with van der Waals surface area (Å²) in [4.78, 5) is 18.5. The lowest BCUT2D eigenvalue weighted by molar-refractivity contribution is -0.138. The number of amides is 1. The van der Waals surface area contributed by atoms with Gasteiger partial charge in [0.2, 0.25) is 5.91 Å². The van der Waals surface area contributed by atoms with E-state index in [4.69, 9.17) is 9.47 Å². The molecule has 0 aromatic carbocycles. The van der Waals surface area contributed by atoms with Crippen LogP contribution in [0.15, 0.2) is 4.99 Å². The van der Waals surface area contributed by atoms with Gasteiger partial charge in [0.05, 0.1) is 18.6 Å². The lowest BCUT2D eigenvalue weighted by Crippen LogP contribution is -2.49. The second-order valence-electron chi connectivity index (χ2n) is 6.50. The first kappa shape index (κ1) is 20.7. The van der Waals surface area contributed by atoms with Crippen LogP contribution in [0.4, 0.5) is 0 Å². The van der Waals surface area contributed by atoms with E-state index in [1.807, 2.05) is 14.1 Å². The number of carbonyl (C=O) groups excluding carboxylic acids is 1. The summed E-state index contributed by atoms with van der Waals surface area (Å²) < 4.78 is 10.4. The smallest absolute Gasteiger partial charge is 0.230 e. The molecular formula is C17H34N4O3. The average molecular weight is 342 g/mol. The summed E-state index contributed by atoms with van der Waals surface area (Å²) in [6.07, 6.45) is 5.02. The van der Waals surface area contributed by atoms with Crippen molar-refractivity contribution in [2.75, 3.05) is 61.2 Å². The predicted octanol–water partition coefficient (Wildman–Crippen LogP) is 0.853. The molecule has 1 aliphatic carbocycles. The molecule has 0 saturated heterocycles. The summed E-state index contributed by atoms with van der Waals surface area (Å²) in [5, 5.41) is 6.60. The van der Waals surface area contributed by atoms with E-state index in [1.54, 1.807) is 19.1 Å². The van der Waals surface area contributed by atoms with E-state index >= 15 is 0 Å². The fourth-order valence-electron chi connectivity index (χ4n) is 3.09. The van der Waals surface area contributed by atoms with Gasteiger partial charge in [0.1, 0.15) is 0 Å². The molecule has 0 atom stereocenters. The molecular weight excluding hydrogens is 308 g/mol. The molecule has 7 heteroatoms. The Morgan fingerprint density at radius 1 is 1.17 bits per heavy atom. The highest BCUT2D eigenvalue weighted by molar-refractivity contribution is 5.85. The zero-order chi connectivity index (χ0) is 17.8. The lowest BCUT2D eigenvalue weighted by atomic mass is 9.84. The van der Waals surface area contributed by atoms with Crippen LogP contribution in [-0.2, 0) is 14.3 Å². The van der Waals surface area contributed by atoms with Crippen molar-refractivity contribution in [1.82, 2.24) is 15.5 Å². The second-order valence-corrected chi connectivity index (χ2v) is 6.50. The van der Waals surface area contributed by atoms with Crippen LogP contribution in [0.5, 0.6) is 0 Å². The zero-order valence-electron chi connectivity index (χ0n) is 15.7. The van der Waals surface area contributed by atoms with Crippen molar-refractivity contribution in [2.24, 2.45) is 10.4 Å². The molecule has 0 aliphatic heterocycles. The standard InChI is InChI=1S/C17H34N4O3/c1-18-16(19-10-7-11-24-13-12-23-4)20-14-17(8-5-6-9-17)15(22)21(2)3/h5-14H2,1-4H3,(H2,18,19,20). The van der Waals surface area contributed by atoms with Crippen molar-refractivity contribution in [1.29, 1.82) is 0 Å². The Hall–Kier alpha value is -1.34. The summed E-state index contributed by atoms with van der Waals surface area (Å²) >= 11 is 0. The molecule has 0 radical (unpaired) electrons. The maximum Gasteiger partial charge on any atom is 0.230 e. The molecule has 140 valence electrons. The number of carbonyl (C=O) groups is 1. The minimum Gasteiger partial charge on any atom is -0.382 e. The number of nitrogens with zero attached hydrogens (tertiary/aromatic N) is 2. The van der Waals surface area contributed by atoms with Crippen LogP contribution >= 0.6 is 0 Å². The Bertz CT molecular complexity index is 393. The van der Waals surface area contributed by atoms with Gasteiger partial charge < -0.3 is 25.0 Å². The van der Waals surface area contributed by atoms with Gasteiger partial charge in [-0.15, -0.1) is 0 Å². The van der Waals surface area contributed by atoms with Gasteiger partial charge in [-0.3, -0.25) is 9.79 Å². The van der Waals surface area contributed by atoms with E-state index in [0.717, 1.165) is 44.6 Å². The van der Waals surface area contributed by atoms with E-state index in [1.165, 1.54) is 0 Å². The Kier molecular flexibility index (Phi) is 9.71. The van der Waals surface area contributed by atoms with E-state index in [9.17, 15) is 4.79 Å². The number of guanidine groups is 1. The van der Waals surface area contributed by atoms with E-state index in [-0.39, 0.29) is 11.3 Å². The van der Waals surface area contributed by atoms with Crippen LogP contribution in [0.25, 0.3) is 0 Å². The molecule has 7 nitrogen and oxygen atoms in total. The van der Waals surface area contributed by atoms with Gasteiger partial charge in [-0.2, -0.15) is 0 Å². The molecule has 24 heavy (non-hydrogen) atoms. The first-order valence-corrected chi connectivity index (χ1v) is 8.79. The minimum absolute atomic E-state index is 0.217. The molecule has 0 bridgehead atoms. The maximum atomic E-state index is 12.6. The molecule has 1 fully saturated rings. The second kappa shape index (κ2) is 11.3. The largest absolute Gasteiger partial charge is 0.382 e. The van der Waals surface area contributed by atoms with Gasteiger partial charge in [-0.05, 0) is 19.3 Å². The third kappa shape index (κ3) is 6.65. The maximum absolute atomic E-state index is 12.6. The van der Waals surface area contributed by atoms with Crippen LogP contribution < -0.4 is 10.6 Å². The SMILES string of the molecule is CN=C(NCCCOCCOC)NCC1(C(=O)N(C)C)CCCC1. The van der Waals surface area contributed by atoms with Gasteiger partial charge in [0.15, 0.2) is 5.96 Å². The minimum atomic E-state index is -0.287. The summed E-state index contributed by atoms with van der Waals surface area (Å²) in [5.74, 6) is 0.958. The number of ether oxygens (including phenoxy) is 2. The third-order valence-electron chi connectivity index (χ3n) is 4.43. The number of rotatable bonds is 10. The topological polar surface area (TPSA) is 75.2 Å². The van der Waals surface area contributed by atoms with Crippen LogP contribution in [0.3, 0.4) is 0 Å². The highest BCUT2D eigenvalue weighted by atomic mass is 16.5. The highest BCUT2D eigenvalue weighted by Gasteiger charge is 2.42. The summed E-state index contributed by atoms with van der Waals surface area (Å²) in [5.41, 5.74) is -0.287. The van der Waals surface area contributed by atoms with Crippen molar-refractivity contribution < 1.29 is 14.3 Å². The number of hydrogen-bond donors (Lipinski definition) is 2. The van der Waals surface area contributed by atoms with Gasteiger partial charge >= 0.3 is 0 Å². The van der Waals surface area contributed by atoms with Crippen LogP contribution in [0, 0.1) is 5.41 Å². The number of methoxy groups -OCH3 is 1. The van der Waals surface area contributed by atoms with Crippen LogP contribution in [-0.4, -0.2) is 77.9 Å². The summed E-state index contributed by atoms with van der Waals surface area (Å²) in [6.45, 7) is 3.35. The van der Waals surface area contributed by atoms with Crippen molar-refractivity contribution >= 4 is 11.9 Å². The molecule has 1 saturated carbocycles. The molecule has 0 spiro atoms. The van der Waals surface area contributed by atoms with Crippen molar-refractivity contribution in [3.05, 3.63) is 0 Å². The summed E-state index contributed by atoms with van der Waals surface area (Å²) in [6, 6.07) is 0. The van der Waals surface area contributed by atoms with Crippen molar-refractivity contribution in [3.63, 3.8) is 0 Å². The number of hydrogen-bond acceptors (Lipinski definition) is 4. The van der Waals surface area contributed by atoms with E-state index in [2.05, 4.69) is 15.6 Å². The van der Waals surface area contributed by atoms with Crippen molar-refractivity contribution in [2.45, 2.75) is 32.1 Å². The Balaban J connectivity index is 2.33. The summed E-state index contributed by atoms with van der Waals surface area (Å²) in [7, 11) is 7.08. The van der Waals surface area contributed by atoms with Gasteiger partial charge in [-0.25, -0.2) is 0 Å². The highest BCUT2D eigenvalue weighted by Crippen LogP contribution is 2.38. The quantitative estimate of drug-likeness (QED) is 0.350. The Morgan fingerprint density at radius 3 is 2.46 bits per heavy atom. The molecule has 0 unspecified atom stereocenters. The third-order valence-corrected chi connectivity index (χ3v) is 4.43. The molecule has 2 N–H and O–H groups in total. The Morgan fingerprint density at radius 2 is 1.88 bits per heavy atom. The van der Waals surface area contributed by atoms with E-state index < -0.39 is 0 Å². The fraction of sp³-hybridized carbons (Fsp3) is 0.882. The number of aliphatic imine (C=N–C) groups is 1. The number of nitrogens with one attached hydrogen (secondary N) is 2. The lowest BCUT2D eigenvalue weighted by Gasteiger charge is -2.31. The van der Waals surface area contributed by atoms with Crippen molar-refractivity contribution in [3.8, 4) is 0 Å². The fourth-order valence-corrected chi connectivity index (χ4v) is 3.09. The van der Waals surface area contributed by atoms with Gasteiger partial charge in [0, 0.05) is 47.9 Å². The Labute approximate surface area is 146 Å². The predicted molar refractivity (Wildman–Crippen MR) is 96.3 cm³/mol. The van der Waals surface area contributed by atoms with Gasteiger partial charge in [-0.1, -0.05) is 12.8 Å².